The molecule has 0 radical (unpaired) electrons. The van der Waals surface area contributed by atoms with Gasteiger partial charge in [-0.15, -0.1) is 0 Å². The Hall–Kier alpha value is -3.21. The zero-order chi connectivity index (χ0) is 19.3. The van der Waals surface area contributed by atoms with Crippen molar-refractivity contribution in [2.75, 3.05) is 6.54 Å². The smallest absolute Gasteiger partial charge is 0.331 e. The van der Waals surface area contributed by atoms with Crippen LogP contribution in [-0.4, -0.2) is 26.5 Å². The van der Waals surface area contributed by atoms with Gasteiger partial charge in [-0.1, -0.05) is 12.1 Å². The third kappa shape index (κ3) is 4.06. The largest absolute Gasteiger partial charge is 0.337 e. The van der Waals surface area contributed by atoms with Crippen LogP contribution in [0.3, 0.4) is 0 Å². The van der Waals surface area contributed by atoms with Crippen LogP contribution in [0.25, 0.3) is 0 Å². The van der Waals surface area contributed by atoms with E-state index in [-0.39, 0.29) is 18.7 Å². The molecule has 136 valence electrons. The van der Waals surface area contributed by atoms with Crippen molar-refractivity contribution in [3.8, 4) is 6.07 Å². The molecule has 0 N–H and O–H groups in total. The van der Waals surface area contributed by atoms with Gasteiger partial charge in [-0.25, -0.2) is 13.8 Å². The molecule has 0 aliphatic carbocycles. The first-order chi connectivity index (χ1) is 12.4. The summed E-state index contributed by atoms with van der Waals surface area (Å²) in [6, 6.07) is 7.60. The first-order valence-corrected chi connectivity index (χ1v) is 8.17. The van der Waals surface area contributed by atoms with Crippen LogP contribution in [0, 0.1) is 17.1 Å². The Kier molecular flexibility index (Phi) is 6.07. The van der Waals surface area contributed by atoms with E-state index in [0.717, 1.165) is 4.57 Å². The Morgan fingerprint density at radius 3 is 2.62 bits per heavy atom. The second-order valence-electron chi connectivity index (χ2n) is 5.65. The van der Waals surface area contributed by atoms with E-state index in [2.05, 4.69) is 0 Å². The maximum atomic E-state index is 13.3. The number of nitriles is 1. The van der Waals surface area contributed by atoms with Crippen LogP contribution < -0.4 is 11.2 Å². The van der Waals surface area contributed by atoms with Gasteiger partial charge in [0.15, 0.2) is 0 Å². The molecule has 8 heteroatoms. The summed E-state index contributed by atoms with van der Waals surface area (Å²) in [6.07, 6.45) is 1.19. The number of halogens is 1. The third-order valence-corrected chi connectivity index (χ3v) is 3.99. The van der Waals surface area contributed by atoms with E-state index in [1.807, 2.05) is 0 Å². The number of benzene rings is 1. The van der Waals surface area contributed by atoms with Crippen molar-refractivity contribution in [3.63, 3.8) is 0 Å². The first kappa shape index (κ1) is 19.1. The van der Waals surface area contributed by atoms with Gasteiger partial charge in [0.1, 0.15) is 24.0 Å². The Balaban J connectivity index is 2.32. The number of aromatic nitrogens is 2. The number of carbonyl (C=O) groups is 1. The molecule has 1 aromatic heterocycles. The average Bonchev–Trinajstić information content (AvgIpc) is 2.63. The maximum Gasteiger partial charge on any atom is 0.331 e. The van der Waals surface area contributed by atoms with E-state index >= 15 is 0 Å². The van der Waals surface area contributed by atoms with Crippen molar-refractivity contribution >= 4 is 5.91 Å². The van der Waals surface area contributed by atoms with Gasteiger partial charge in [0, 0.05) is 25.8 Å². The van der Waals surface area contributed by atoms with Gasteiger partial charge >= 0.3 is 5.69 Å². The zero-order valence-electron chi connectivity index (χ0n) is 14.6. The summed E-state index contributed by atoms with van der Waals surface area (Å²) in [5, 5.41) is 9.05. The Bertz CT molecular complexity index is 972. The highest BCUT2D eigenvalue weighted by atomic mass is 19.1. The molecule has 0 saturated carbocycles. The minimum atomic E-state index is -0.794. The monoisotopic (exact) mass is 358 g/mol. The predicted octanol–water partition coefficient (Wildman–Crippen LogP) is 1.09. The molecule has 0 bridgehead atoms. The number of nitrogens with zero attached hydrogens (tertiary/aromatic N) is 4. The van der Waals surface area contributed by atoms with Crippen molar-refractivity contribution in [1.29, 1.82) is 5.26 Å². The normalized spacial score (nSPS) is 10.4. The second-order valence-corrected chi connectivity index (χ2v) is 5.65. The van der Waals surface area contributed by atoms with E-state index < -0.39 is 29.5 Å². The van der Waals surface area contributed by atoms with Gasteiger partial charge in [-0.2, -0.15) is 5.26 Å². The van der Waals surface area contributed by atoms with Crippen molar-refractivity contribution < 1.29 is 9.18 Å². The van der Waals surface area contributed by atoms with Crippen LogP contribution >= 0.6 is 0 Å². The van der Waals surface area contributed by atoms with Crippen molar-refractivity contribution in [2.24, 2.45) is 0 Å². The predicted molar refractivity (Wildman–Crippen MR) is 92.8 cm³/mol. The number of carbonyl (C=O) groups excluding carboxylic acids is 1. The summed E-state index contributed by atoms with van der Waals surface area (Å²) in [5.74, 6) is -0.872. The van der Waals surface area contributed by atoms with Crippen LogP contribution in [0.15, 0.2) is 40.1 Å². The Morgan fingerprint density at radius 1 is 1.31 bits per heavy atom. The minimum Gasteiger partial charge on any atom is -0.337 e. The van der Waals surface area contributed by atoms with E-state index in [9.17, 15) is 18.8 Å². The number of hydrogen-bond donors (Lipinski definition) is 0. The number of amides is 1. The molecule has 0 aliphatic rings. The fraction of sp³-hybridized carbons (Fsp3) is 0.333. The molecule has 0 saturated heterocycles. The summed E-state index contributed by atoms with van der Waals surface area (Å²) in [7, 11) is 0. The Labute approximate surface area is 149 Å². The molecule has 0 spiro atoms. The minimum absolute atomic E-state index is 0.155. The summed E-state index contributed by atoms with van der Waals surface area (Å²) >= 11 is 0. The topological polar surface area (TPSA) is 88.1 Å². The van der Waals surface area contributed by atoms with Gasteiger partial charge in [0.05, 0.1) is 0 Å². The fourth-order valence-electron chi connectivity index (χ4n) is 2.56. The van der Waals surface area contributed by atoms with Crippen molar-refractivity contribution in [3.05, 3.63) is 68.2 Å². The third-order valence-electron chi connectivity index (χ3n) is 3.99. The van der Waals surface area contributed by atoms with Crippen LogP contribution in [0.2, 0.25) is 0 Å². The lowest BCUT2D eigenvalue weighted by Crippen LogP contribution is -2.45. The lowest BCUT2D eigenvalue weighted by Gasteiger charge is -2.21. The molecule has 1 heterocycles. The van der Waals surface area contributed by atoms with Crippen LogP contribution in [0.1, 0.15) is 25.0 Å². The van der Waals surface area contributed by atoms with E-state index in [1.54, 1.807) is 32.0 Å². The molecule has 7 nitrogen and oxygen atoms in total. The van der Waals surface area contributed by atoms with Crippen LogP contribution in [0.5, 0.6) is 0 Å². The number of aryl methyl sites for hydroxylation is 1. The molecular formula is C18H19FN4O3. The summed E-state index contributed by atoms with van der Waals surface area (Å²) in [5.41, 5.74) is -1.04. The summed E-state index contributed by atoms with van der Waals surface area (Å²) < 4.78 is 15.3. The molecule has 0 fully saturated rings. The molecule has 1 amide bonds. The zero-order valence-corrected chi connectivity index (χ0v) is 14.6. The standard InChI is InChI=1S/C18H19FN4O3/c1-3-21(10-13-6-5-7-15(19)8-13)16(24)12-23-17(25)14(9-20)11-22(4-2)18(23)26/h5-8,11H,3-4,10,12H2,1-2H3. The highest BCUT2D eigenvalue weighted by Gasteiger charge is 2.18. The quantitative estimate of drug-likeness (QED) is 0.773. The molecule has 0 atom stereocenters. The van der Waals surface area contributed by atoms with Gasteiger partial charge in [0.2, 0.25) is 5.91 Å². The fourth-order valence-corrected chi connectivity index (χ4v) is 2.56. The van der Waals surface area contributed by atoms with E-state index in [0.29, 0.717) is 12.1 Å². The van der Waals surface area contributed by atoms with Gasteiger partial charge in [-0.05, 0) is 31.5 Å². The van der Waals surface area contributed by atoms with E-state index in [4.69, 9.17) is 5.26 Å². The van der Waals surface area contributed by atoms with Gasteiger partial charge < -0.3 is 4.90 Å². The molecule has 1 aromatic carbocycles. The number of rotatable bonds is 6. The Morgan fingerprint density at radius 2 is 2.04 bits per heavy atom. The molecule has 26 heavy (non-hydrogen) atoms. The molecule has 2 rings (SSSR count). The van der Waals surface area contributed by atoms with Crippen LogP contribution in [0.4, 0.5) is 4.39 Å². The molecule has 0 unspecified atom stereocenters. The van der Waals surface area contributed by atoms with Gasteiger partial charge in [0.25, 0.3) is 5.56 Å². The average molecular weight is 358 g/mol. The lowest BCUT2D eigenvalue weighted by atomic mass is 10.2. The van der Waals surface area contributed by atoms with Crippen molar-refractivity contribution in [1.82, 2.24) is 14.0 Å². The molecule has 2 aromatic rings. The lowest BCUT2D eigenvalue weighted by molar-refractivity contribution is -0.132. The SMILES string of the molecule is CCN(Cc1cccc(F)c1)C(=O)Cn1c(=O)c(C#N)cn(CC)c1=O. The maximum absolute atomic E-state index is 13.3. The second kappa shape index (κ2) is 8.25. The molecular weight excluding hydrogens is 339 g/mol. The first-order valence-electron chi connectivity index (χ1n) is 8.17. The highest BCUT2D eigenvalue weighted by molar-refractivity contribution is 5.76. The number of hydrogen-bond acceptors (Lipinski definition) is 4. The summed E-state index contributed by atoms with van der Waals surface area (Å²) in [6.45, 7) is 3.71. The molecule has 0 aliphatic heterocycles. The number of likely N-dealkylation sites (N-methyl/N-ethyl adjacent to an activating group) is 1. The highest BCUT2D eigenvalue weighted by Crippen LogP contribution is 2.08. The van der Waals surface area contributed by atoms with Crippen molar-refractivity contribution in [2.45, 2.75) is 33.5 Å². The summed E-state index contributed by atoms with van der Waals surface area (Å²) in [4.78, 5) is 38.6. The van der Waals surface area contributed by atoms with E-state index in [1.165, 1.54) is 27.8 Å². The van der Waals surface area contributed by atoms with Crippen LogP contribution in [-0.2, 0) is 24.4 Å². The van der Waals surface area contributed by atoms with Gasteiger partial charge in [-0.3, -0.25) is 14.2 Å².